The van der Waals surface area contributed by atoms with Crippen LogP contribution < -0.4 is 16.0 Å². The lowest BCUT2D eigenvalue weighted by Gasteiger charge is -2.13. The molecule has 0 amide bonds. The van der Waals surface area contributed by atoms with Gasteiger partial charge >= 0.3 is 0 Å². The lowest BCUT2D eigenvalue weighted by molar-refractivity contribution is 0.724. The molecular formula is C96H75N33. The minimum Gasteiger partial charge on any atom is -0.397 e. The van der Waals surface area contributed by atoms with Crippen molar-refractivity contribution in [2.24, 2.45) is 0 Å². The lowest BCUT2D eigenvalue weighted by Crippen LogP contribution is -2.11. The monoisotopic (exact) mass is 1690 g/mol. The first-order valence-corrected chi connectivity index (χ1v) is 41.2. The van der Waals surface area contributed by atoms with E-state index in [1.54, 1.807) is 80.6 Å². The third kappa shape index (κ3) is 15.9. The molecule has 624 valence electrons. The third-order valence-electron chi connectivity index (χ3n) is 22.1. The normalized spacial score (nSPS) is 11.4. The van der Waals surface area contributed by atoms with Crippen LogP contribution in [0.3, 0.4) is 0 Å². The molecule has 0 aliphatic rings. The number of fused-ring (bicyclic) bond motifs is 10. The fraction of sp³-hybridized carbons (Fsp3) is 0.0625. The van der Waals surface area contributed by atoms with Gasteiger partial charge in [-0.15, -0.1) is 0 Å². The number of aromatic amines is 10. The Labute approximate surface area is 730 Å². The second-order valence-electron chi connectivity index (χ2n) is 30.7. The molecule has 0 radical (unpaired) electrons. The van der Waals surface area contributed by atoms with Crippen molar-refractivity contribution in [1.82, 2.24) is 156 Å². The smallest absolute Gasteiger partial charge is 0.159 e. The molecule has 33 heteroatoms. The molecule has 0 aliphatic heterocycles. The number of aromatic nitrogens is 30. The highest BCUT2D eigenvalue weighted by molar-refractivity contribution is 6.01. The molecule has 0 fully saturated rings. The zero-order valence-corrected chi connectivity index (χ0v) is 69.4. The minimum atomic E-state index is 0.634. The molecule has 0 bridgehead atoms. The fourth-order valence-corrected chi connectivity index (χ4v) is 15.5. The summed E-state index contributed by atoms with van der Waals surface area (Å²) in [5, 5.41) is 46.1. The van der Waals surface area contributed by atoms with Gasteiger partial charge in [0.2, 0.25) is 0 Å². The Kier molecular flexibility index (Phi) is 20.6. The lowest BCUT2D eigenvalue weighted by atomic mass is 10.0. The number of nitrogens with zero attached hydrogens (tertiary/aromatic N) is 21. The molecule has 0 saturated carbocycles. The Morgan fingerprint density at radius 2 is 0.628 bits per heavy atom. The van der Waals surface area contributed by atoms with E-state index in [9.17, 15) is 0 Å². The van der Waals surface area contributed by atoms with Gasteiger partial charge in [0.1, 0.15) is 28.5 Å². The van der Waals surface area contributed by atoms with E-state index in [0.717, 1.165) is 241 Å². The molecule has 0 unspecified atom stereocenters. The van der Waals surface area contributed by atoms with Gasteiger partial charge in [0.05, 0.1) is 131 Å². The Bertz CT molecular complexity index is 8220. The van der Waals surface area contributed by atoms with Crippen LogP contribution in [-0.2, 0) is 6.54 Å². The Balaban J connectivity index is 0.0000000979. The van der Waals surface area contributed by atoms with E-state index in [-0.39, 0.29) is 0 Å². The van der Waals surface area contributed by atoms with E-state index in [1.807, 2.05) is 153 Å². The van der Waals surface area contributed by atoms with Crippen molar-refractivity contribution in [3.63, 3.8) is 0 Å². The number of nitrogens with one attached hydrogen (secondary N) is 11. The molecule has 129 heavy (non-hydrogen) atoms. The highest BCUT2D eigenvalue weighted by Gasteiger charge is 2.21. The highest BCUT2D eigenvalue weighted by Crippen LogP contribution is 2.38. The summed E-state index contributed by atoms with van der Waals surface area (Å²) in [5.74, 6) is 3.62. The van der Waals surface area contributed by atoms with Crippen molar-refractivity contribution in [3.05, 3.63) is 293 Å². The summed E-state index contributed by atoms with van der Waals surface area (Å²) in [6, 6.07) is 52.6. The first-order valence-electron chi connectivity index (χ1n) is 41.2. The molecule has 25 aromatic rings. The summed E-state index contributed by atoms with van der Waals surface area (Å²) >= 11 is 0. The summed E-state index contributed by atoms with van der Waals surface area (Å²) in [5.41, 5.74) is 38.2. The maximum Gasteiger partial charge on any atom is 0.159 e. The number of rotatable bonds is 14. The molecule has 20 heterocycles. The SMILES string of the molecule is CCNCc1cncc(-c2ccc3[nH]nc(-c4nc5ccncc5[nH]4)c3c2)c1.CN(C)c1cncc(-c2ccc3[nH]nc(-c4nc5ccncc5[nH]4)c3c2)c1.Cc1ccncc1-c1ccc2[nH]nc(-c3nc4ccncc4[nH]3)c2c1.Nc1cncc(-c2ccc3[nH]nc(-c4nc5ccncc5[nH]4)c3c2)c1.c1cncc(-c2ccc3[nH]nc(-c4nc5ccncc5[nH]4)c3c2)c1. The molecule has 0 spiro atoms. The number of nitrogen functional groups attached to an aromatic ring is 1. The molecule has 20 aromatic heterocycles. The summed E-state index contributed by atoms with van der Waals surface area (Å²) in [6.07, 6.45) is 35.8. The van der Waals surface area contributed by atoms with Gasteiger partial charge in [-0.3, -0.25) is 75.3 Å². The fourth-order valence-electron chi connectivity index (χ4n) is 15.5. The molecular weight excluding hydrogens is 1620 g/mol. The van der Waals surface area contributed by atoms with Crippen LogP contribution in [-0.4, -0.2) is 171 Å². The van der Waals surface area contributed by atoms with Crippen molar-refractivity contribution in [2.75, 3.05) is 31.3 Å². The van der Waals surface area contributed by atoms with Gasteiger partial charge in [0.25, 0.3) is 0 Å². The first-order chi connectivity index (χ1) is 63.5. The van der Waals surface area contributed by atoms with Crippen molar-refractivity contribution < 1.29 is 0 Å². The maximum absolute atomic E-state index is 5.85. The number of pyridine rings is 10. The van der Waals surface area contributed by atoms with Gasteiger partial charge in [0.15, 0.2) is 29.1 Å². The topological polar surface area (TPSA) is 457 Å². The Hall–Kier alpha value is -18.1. The van der Waals surface area contributed by atoms with Crippen molar-refractivity contribution in [3.8, 4) is 113 Å². The molecule has 5 aromatic carbocycles. The number of H-pyrrole nitrogens is 10. The van der Waals surface area contributed by atoms with Crippen molar-refractivity contribution in [2.45, 2.75) is 20.4 Å². The number of hydrogen-bond acceptors (Lipinski definition) is 23. The third-order valence-corrected chi connectivity index (χ3v) is 22.1. The molecule has 13 N–H and O–H groups in total. The zero-order chi connectivity index (χ0) is 86.8. The minimum absolute atomic E-state index is 0.634. The van der Waals surface area contributed by atoms with Crippen molar-refractivity contribution >= 4 is 121 Å². The second kappa shape index (κ2) is 33.9. The van der Waals surface area contributed by atoms with Crippen LogP contribution in [0.2, 0.25) is 0 Å². The predicted molar refractivity (Wildman–Crippen MR) is 502 cm³/mol. The number of nitrogens with two attached hydrogens (primary N) is 1. The van der Waals surface area contributed by atoms with Gasteiger partial charge in [-0.2, -0.15) is 25.5 Å². The van der Waals surface area contributed by atoms with Gasteiger partial charge in [0, 0.05) is 162 Å². The van der Waals surface area contributed by atoms with Crippen LogP contribution in [0, 0.1) is 6.92 Å². The van der Waals surface area contributed by atoms with E-state index < -0.39 is 0 Å². The molecule has 0 atom stereocenters. The Morgan fingerprint density at radius 3 is 0.992 bits per heavy atom. The number of benzene rings is 5. The van der Waals surface area contributed by atoms with Crippen LogP contribution in [0.1, 0.15) is 18.1 Å². The average Bonchev–Trinajstić information content (AvgIpc) is 1.66. The van der Waals surface area contributed by atoms with E-state index in [2.05, 4.69) is 237 Å². The van der Waals surface area contributed by atoms with Gasteiger partial charge < -0.3 is 40.9 Å². The number of anilines is 2. The molecule has 33 nitrogen and oxygen atoms in total. The number of aryl methyl sites for hydroxylation is 1. The van der Waals surface area contributed by atoms with Crippen molar-refractivity contribution in [1.29, 1.82) is 0 Å². The first kappa shape index (κ1) is 78.1. The van der Waals surface area contributed by atoms with Gasteiger partial charge in [-0.05, 0) is 174 Å². The molecule has 0 aliphatic carbocycles. The summed E-state index contributed by atoms with van der Waals surface area (Å²) < 4.78 is 0. The van der Waals surface area contributed by atoms with E-state index in [0.29, 0.717) is 11.5 Å². The zero-order valence-electron chi connectivity index (χ0n) is 69.4. The second-order valence-corrected chi connectivity index (χ2v) is 30.7. The average molecular weight is 1690 g/mol. The predicted octanol–water partition coefficient (Wildman–Crippen LogP) is 17.9. The van der Waals surface area contributed by atoms with E-state index in [4.69, 9.17) is 5.73 Å². The van der Waals surface area contributed by atoms with E-state index >= 15 is 0 Å². The molecule has 25 rings (SSSR count). The Morgan fingerprint density at radius 1 is 0.295 bits per heavy atom. The van der Waals surface area contributed by atoms with E-state index in [1.165, 1.54) is 5.56 Å². The number of hydrogen-bond donors (Lipinski definition) is 12. The summed E-state index contributed by atoms with van der Waals surface area (Å²) in [4.78, 5) is 83.7. The van der Waals surface area contributed by atoms with Crippen LogP contribution in [0.5, 0.6) is 0 Å². The quantitative estimate of drug-likeness (QED) is 0.0481. The van der Waals surface area contributed by atoms with Crippen LogP contribution in [0.15, 0.2) is 282 Å². The van der Waals surface area contributed by atoms with Crippen LogP contribution >= 0.6 is 0 Å². The highest BCUT2D eigenvalue weighted by atomic mass is 15.2. The standard InChI is InChI=1S/C21H19N7.C20H17N7.C19H14N6.C18H13N7.C18H12N6/c1-2-22-9-13-7-15(11-24-10-13)14-3-4-17-16(8-14)20(28-27-17)21-25-18-5-6-23-12-19(18)26-21;1-27(2)14-7-13(9-22-10-14)12-3-4-16-15(8-12)19(26-25-16)20-23-17-5-6-21-11-18(17)24-20;1-11-4-6-20-9-14(11)12-2-3-15-13(8-12)18(25-24-15)19-22-16-5-7-21-10-17(16)23-19;19-12-5-11(7-21-8-12)10-1-2-14-13(6-10)17(25-24-14)18-22-15-3-4-20-9-16(15)23-18;1-2-12(9-19-6-1)11-3-4-14-13(8-11)17(24-23-14)18-21-15-5-7-20-10-16(15)22-18/h3-8,10-12,22H,2,9H2,1H3,(H,25,26)(H,27,28);3-11H,1-2H3,(H,23,24)(H,25,26);2-10H,1H3,(H,22,23)(H,24,25);1-9H,19H2,(H,22,23)(H,24,25);1-10H,(H,21,22)(H,23,24). The summed E-state index contributed by atoms with van der Waals surface area (Å²) in [7, 11) is 4.02. The maximum atomic E-state index is 5.85. The van der Waals surface area contributed by atoms with Gasteiger partial charge in [-0.25, -0.2) is 24.9 Å². The van der Waals surface area contributed by atoms with Gasteiger partial charge in [-0.1, -0.05) is 43.3 Å². The van der Waals surface area contributed by atoms with Crippen LogP contribution in [0.4, 0.5) is 11.4 Å². The molecule has 0 saturated heterocycles. The number of imidazole rings is 5. The summed E-state index contributed by atoms with van der Waals surface area (Å²) in [6.45, 7) is 5.93. The van der Waals surface area contributed by atoms with Crippen LogP contribution in [0.25, 0.3) is 223 Å². The largest absolute Gasteiger partial charge is 0.397 e.